The van der Waals surface area contributed by atoms with E-state index in [4.69, 9.17) is 0 Å². The van der Waals surface area contributed by atoms with E-state index < -0.39 is 0 Å². The second-order valence-electron chi connectivity index (χ2n) is 6.40. The van der Waals surface area contributed by atoms with Crippen molar-refractivity contribution in [2.24, 2.45) is 11.3 Å². The van der Waals surface area contributed by atoms with E-state index >= 15 is 0 Å². The van der Waals surface area contributed by atoms with Crippen LogP contribution in [0.4, 0.5) is 0 Å². The van der Waals surface area contributed by atoms with Gasteiger partial charge in [0.2, 0.25) is 0 Å². The fourth-order valence-electron chi connectivity index (χ4n) is 2.64. The second kappa shape index (κ2) is 4.42. The van der Waals surface area contributed by atoms with E-state index in [0.29, 0.717) is 5.41 Å². The van der Waals surface area contributed by atoms with Gasteiger partial charge >= 0.3 is 0 Å². The van der Waals surface area contributed by atoms with E-state index in [1.165, 1.54) is 45.4 Å². The molecule has 0 aliphatic carbocycles. The first-order chi connectivity index (χ1) is 7.05. The minimum Gasteiger partial charge on any atom is -0.314 e. The molecule has 0 spiro atoms. The second-order valence-corrected chi connectivity index (χ2v) is 6.40. The van der Waals surface area contributed by atoms with Crippen molar-refractivity contribution in [3.8, 4) is 0 Å². The fraction of sp³-hybridized carbons (Fsp3) is 1.00. The van der Waals surface area contributed by atoms with Crippen molar-refractivity contribution in [2.45, 2.75) is 46.1 Å². The lowest BCUT2D eigenvalue weighted by Crippen LogP contribution is -2.52. The zero-order valence-corrected chi connectivity index (χ0v) is 10.6. The van der Waals surface area contributed by atoms with Crippen LogP contribution in [0, 0.1) is 11.3 Å². The summed E-state index contributed by atoms with van der Waals surface area (Å²) in [6.07, 6.45) is 4.14. The first-order valence-corrected chi connectivity index (χ1v) is 6.51. The van der Waals surface area contributed by atoms with Crippen molar-refractivity contribution in [3.63, 3.8) is 0 Å². The van der Waals surface area contributed by atoms with Crippen LogP contribution in [0.15, 0.2) is 0 Å². The molecule has 2 aliphatic rings. The molecule has 2 rings (SSSR count). The van der Waals surface area contributed by atoms with E-state index in [0.717, 1.165) is 12.0 Å². The Kier molecular flexibility index (Phi) is 3.36. The predicted octanol–water partition coefficient (Wildman–Crippen LogP) is 2.11. The molecule has 1 N–H and O–H groups in total. The van der Waals surface area contributed by atoms with Crippen molar-refractivity contribution >= 4 is 0 Å². The first kappa shape index (κ1) is 11.4. The lowest BCUT2D eigenvalue weighted by atomic mass is 9.76. The average Bonchev–Trinajstić information content (AvgIpc) is 2.50. The molecule has 1 atom stereocenters. The van der Waals surface area contributed by atoms with Crippen LogP contribution in [0.25, 0.3) is 0 Å². The van der Waals surface area contributed by atoms with Gasteiger partial charge in [-0.2, -0.15) is 0 Å². The third-order valence-corrected chi connectivity index (χ3v) is 4.14. The van der Waals surface area contributed by atoms with Crippen molar-refractivity contribution in [3.05, 3.63) is 0 Å². The molecule has 1 unspecified atom stereocenters. The minimum absolute atomic E-state index is 0.516. The average molecular weight is 210 g/mol. The molecular formula is C13H26N2. The fourth-order valence-corrected chi connectivity index (χ4v) is 2.64. The van der Waals surface area contributed by atoms with E-state index in [1.807, 2.05) is 0 Å². The number of rotatable bonds is 3. The molecular weight excluding hydrogens is 184 g/mol. The van der Waals surface area contributed by atoms with E-state index in [-0.39, 0.29) is 0 Å². The Morgan fingerprint density at radius 2 is 2.00 bits per heavy atom. The largest absolute Gasteiger partial charge is 0.314 e. The summed E-state index contributed by atoms with van der Waals surface area (Å²) < 4.78 is 0. The first-order valence-electron chi connectivity index (χ1n) is 6.51. The summed E-state index contributed by atoms with van der Waals surface area (Å²) in [4.78, 5) is 2.62. The van der Waals surface area contributed by atoms with Gasteiger partial charge in [-0.25, -0.2) is 0 Å². The Hall–Kier alpha value is -0.0800. The maximum atomic E-state index is 3.57. The number of nitrogens with one attached hydrogen (secondary N) is 1. The molecule has 0 radical (unpaired) electrons. The van der Waals surface area contributed by atoms with Crippen LogP contribution in [0.1, 0.15) is 40.0 Å². The minimum atomic E-state index is 0.516. The Bertz CT molecular complexity index is 195. The van der Waals surface area contributed by atoms with Gasteiger partial charge in [0.25, 0.3) is 0 Å². The smallest absolute Gasteiger partial charge is 0.00797 e. The molecule has 2 heteroatoms. The number of hydrogen-bond acceptors (Lipinski definition) is 2. The molecule has 2 saturated heterocycles. The highest BCUT2D eigenvalue weighted by molar-refractivity contribution is 4.88. The van der Waals surface area contributed by atoms with Gasteiger partial charge in [-0.05, 0) is 43.7 Å². The van der Waals surface area contributed by atoms with Crippen molar-refractivity contribution in [1.29, 1.82) is 0 Å². The Morgan fingerprint density at radius 3 is 2.53 bits per heavy atom. The Labute approximate surface area is 94.4 Å². The molecule has 2 heterocycles. The van der Waals surface area contributed by atoms with Gasteiger partial charge in [-0.3, -0.25) is 0 Å². The molecule has 2 aliphatic heterocycles. The molecule has 0 aromatic heterocycles. The Morgan fingerprint density at radius 1 is 1.27 bits per heavy atom. The monoisotopic (exact) mass is 210 g/mol. The standard InChI is InChI=1S/C13H26N2/c1-13(2,3)11-9-15(10-11)8-6-12-5-4-7-14-12/h11-12,14H,4-10H2,1-3H3. The summed E-state index contributed by atoms with van der Waals surface area (Å²) in [5, 5.41) is 3.57. The van der Waals surface area contributed by atoms with Crippen molar-refractivity contribution in [2.75, 3.05) is 26.2 Å². The maximum absolute atomic E-state index is 3.57. The normalized spacial score (nSPS) is 29.4. The van der Waals surface area contributed by atoms with Gasteiger partial charge < -0.3 is 10.2 Å². The quantitative estimate of drug-likeness (QED) is 0.767. The van der Waals surface area contributed by atoms with Gasteiger partial charge in [0.1, 0.15) is 0 Å². The lowest BCUT2D eigenvalue weighted by molar-refractivity contribution is 0.0228. The molecule has 15 heavy (non-hydrogen) atoms. The highest BCUT2D eigenvalue weighted by atomic mass is 15.2. The summed E-state index contributed by atoms with van der Waals surface area (Å²) in [6.45, 7) is 12.3. The SMILES string of the molecule is CC(C)(C)C1CN(CCC2CCCN2)C1. The molecule has 0 saturated carbocycles. The summed E-state index contributed by atoms with van der Waals surface area (Å²) in [6, 6.07) is 0.818. The predicted molar refractivity (Wildman–Crippen MR) is 65.0 cm³/mol. The summed E-state index contributed by atoms with van der Waals surface area (Å²) >= 11 is 0. The molecule has 0 aromatic rings. The molecule has 0 aromatic carbocycles. The van der Waals surface area contributed by atoms with Crippen molar-refractivity contribution < 1.29 is 0 Å². The maximum Gasteiger partial charge on any atom is 0.00797 e. The van der Waals surface area contributed by atoms with Crippen LogP contribution >= 0.6 is 0 Å². The molecule has 2 nitrogen and oxygen atoms in total. The van der Waals surface area contributed by atoms with Gasteiger partial charge in [-0.1, -0.05) is 20.8 Å². The molecule has 0 bridgehead atoms. The van der Waals surface area contributed by atoms with E-state index in [1.54, 1.807) is 0 Å². The third kappa shape index (κ3) is 2.94. The van der Waals surface area contributed by atoms with Crippen molar-refractivity contribution in [1.82, 2.24) is 10.2 Å². The van der Waals surface area contributed by atoms with Crippen LogP contribution in [0.2, 0.25) is 0 Å². The zero-order chi connectivity index (χ0) is 10.9. The highest BCUT2D eigenvalue weighted by Crippen LogP contribution is 2.33. The molecule has 0 amide bonds. The lowest BCUT2D eigenvalue weighted by Gasteiger charge is -2.46. The topological polar surface area (TPSA) is 15.3 Å². The number of hydrogen-bond donors (Lipinski definition) is 1. The number of nitrogens with zero attached hydrogens (tertiary/aromatic N) is 1. The molecule has 2 fully saturated rings. The van der Waals surface area contributed by atoms with Crippen LogP contribution in [-0.4, -0.2) is 37.1 Å². The van der Waals surface area contributed by atoms with E-state index in [9.17, 15) is 0 Å². The van der Waals surface area contributed by atoms with Gasteiger partial charge in [-0.15, -0.1) is 0 Å². The summed E-state index contributed by atoms with van der Waals surface area (Å²) in [5.74, 6) is 0.925. The van der Waals surface area contributed by atoms with Crippen LogP contribution in [0.5, 0.6) is 0 Å². The molecule has 88 valence electrons. The zero-order valence-electron chi connectivity index (χ0n) is 10.6. The third-order valence-electron chi connectivity index (χ3n) is 4.14. The number of likely N-dealkylation sites (tertiary alicyclic amines) is 1. The van der Waals surface area contributed by atoms with Crippen LogP contribution < -0.4 is 5.32 Å². The highest BCUT2D eigenvalue weighted by Gasteiger charge is 2.35. The van der Waals surface area contributed by atoms with Gasteiger partial charge in [0.15, 0.2) is 0 Å². The van der Waals surface area contributed by atoms with Gasteiger partial charge in [0.05, 0.1) is 0 Å². The van der Waals surface area contributed by atoms with Crippen LogP contribution in [-0.2, 0) is 0 Å². The summed E-state index contributed by atoms with van der Waals surface area (Å²) in [5.41, 5.74) is 0.516. The van der Waals surface area contributed by atoms with E-state index in [2.05, 4.69) is 31.0 Å². The van der Waals surface area contributed by atoms with Crippen LogP contribution in [0.3, 0.4) is 0 Å². The Balaban J connectivity index is 1.59. The summed E-state index contributed by atoms with van der Waals surface area (Å²) in [7, 11) is 0. The van der Waals surface area contributed by atoms with Gasteiger partial charge in [0, 0.05) is 19.1 Å².